The fourth-order valence-corrected chi connectivity index (χ4v) is 4.31. The molecule has 0 saturated heterocycles. The molecule has 0 N–H and O–H groups in total. The fraction of sp³-hybridized carbons (Fsp3) is 0.0952. The van der Waals surface area contributed by atoms with Crippen molar-refractivity contribution in [2.24, 2.45) is 0 Å². The number of thiazole rings is 2. The summed E-state index contributed by atoms with van der Waals surface area (Å²) in [5.74, 6) is 0.0145. The number of hydrogen-bond donors (Lipinski definition) is 0. The van der Waals surface area contributed by atoms with Gasteiger partial charge in [0.05, 0.1) is 0 Å². The molecule has 0 fully saturated rings. The van der Waals surface area contributed by atoms with Crippen molar-refractivity contribution < 1.29 is 4.79 Å². The molecule has 2 aromatic carbocycles. The molecule has 0 unspecified atom stereocenters. The van der Waals surface area contributed by atoms with E-state index in [0.29, 0.717) is 11.1 Å². The molecule has 2 aromatic heterocycles. The van der Waals surface area contributed by atoms with Gasteiger partial charge in [-0.15, -0.1) is 22.7 Å². The smallest absolute Gasteiger partial charge is 0.193 e. The fourth-order valence-electron chi connectivity index (χ4n) is 2.87. The highest BCUT2D eigenvalue weighted by Crippen LogP contribution is 2.29. The number of hydrogen-bond acceptors (Lipinski definition) is 5. The lowest BCUT2D eigenvalue weighted by Gasteiger charge is -2.09. The maximum absolute atomic E-state index is 13.1. The molecule has 0 aliphatic rings. The van der Waals surface area contributed by atoms with Gasteiger partial charge in [-0.1, -0.05) is 24.3 Å². The Morgan fingerprint density at radius 2 is 1.23 bits per heavy atom. The van der Waals surface area contributed by atoms with Gasteiger partial charge in [0.1, 0.15) is 10.0 Å². The quantitative estimate of drug-likeness (QED) is 0.424. The summed E-state index contributed by atoms with van der Waals surface area (Å²) in [4.78, 5) is 21.8. The number of nitrogens with zero attached hydrogens (tertiary/aromatic N) is 2. The minimum Gasteiger partial charge on any atom is -0.289 e. The van der Waals surface area contributed by atoms with E-state index in [1.165, 1.54) is 0 Å². The Hall–Kier alpha value is -2.63. The predicted octanol–water partition coefficient (Wildman–Crippen LogP) is 5.78. The van der Waals surface area contributed by atoms with E-state index in [9.17, 15) is 4.79 Å². The van der Waals surface area contributed by atoms with Gasteiger partial charge in [-0.2, -0.15) is 0 Å². The summed E-state index contributed by atoms with van der Waals surface area (Å²) in [7, 11) is 0. The van der Waals surface area contributed by atoms with Crippen LogP contribution in [0.3, 0.4) is 0 Å². The van der Waals surface area contributed by atoms with Crippen molar-refractivity contribution in [2.45, 2.75) is 13.8 Å². The van der Waals surface area contributed by atoms with Gasteiger partial charge in [-0.3, -0.25) is 4.79 Å². The lowest BCUT2D eigenvalue weighted by molar-refractivity contribution is 0.103. The van der Waals surface area contributed by atoms with Crippen molar-refractivity contribution in [2.75, 3.05) is 0 Å². The monoisotopic (exact) mass is 376 g/mol. The Bertz CT molecular complexity index is 982. The molecule has 0 saturated carbocycles. The Morgan fingerprint density at radius 1 is 0.769 bits per heavy atom. The van der Waals surface area contributed by atoms with Crippen molar-refractivity contribution in [3.05, 3.63) is 81.8 Å². The summed E-state index contributed by atoms with van der Waals surface area (Å²) in [5, 5.41) is 5.77. The Kier molecular flexibility index (Phi) is 4.49. The standard InChI is InChI=1S/C21H16N2OS2/c1-13-3-5-15(11-17(13)20-22-7-9-25-20)19(24)16-6-4-14(2)18(12-16)21-23-8-10-26-21/h3-12H,1-2H3. The second-order valence-corrected chi connectivity index (χ2v) is 7.85. The van der Waals surface area contributed by atoms with Crippen molar-refractivity contribution >= 4 is 28.5 Å². The van der Waals surface area contributed by atoms with Crippen molar-refractivity contribution in [3.63, 3.8) is 0 Å². The molecule has 2 heterocycles. The van der Waals surface area contributed by atoms with E-state index in [1.807, 2.05) is 61.0 Å². The molecular weight excluding hydrogens is 360 g/mol. The third-order valence-electron chi connectivity index (χ3n) is 4.32. The van der Waals surface area contributed by atoms with E-state index >= 15 is 0 Å². The van der Waals surface area contributed by atoms with Crippen LogP contribution in [0, 0.1) is 13.8 Å². The summed E-state index contributed by atoms with van der Waals surface area (Å²) in [6.45, 7) is 4.08. The van der Waals surface area contributed by atoms with E-state index in [0.717, 1.165) is 32.3 Å². The molecule has 4 rings (SSSR count). The molecular formula is C21H16N2OS2. The van der Waals surface area contributed by atoms with Crippen LogP contribution in [-0.2, 0) is 0 Å². The zero-order chi connectivity index (χ0) is 18.1. The molecule has 0 spiro atoms. The molecule has 5 heteroatoms. The van der Waals surface area contributed by atoms with E-state index in [-0.39, 0.29) is 5.78 Å². The molecule has 0 amide bonds. The first-order chi connectivity index (χ1) is 12.6. The molecule has 4 aromatic rings. The minimum atomic E-state index is 0.0145. The van der Waals surface area contributed by atoms with Crippen LogP contribution in [0.1, 0.15) is 27.0 Å². The zero-order valence-corrected chi connectivity index (χ0v) is 16.0. The topological polar surface area (TPSA) is 42.9 Å². The minimum absolute atomic E-state index is 0.0145. The highest BCUT2D eigenvalue weighted by molar-refractivity contribution is 7.13. The Morgan fingerprint density at radius 3 is 1.62 bits per heavy atom. The van der Waals surface area contributed by atoms with Gasteiger partial charge < -0.3 is 0 Å². The number of aryl methyl sites for hydroxylation is 2. The SMILES string of the molecule is Cc1ccc(C(=O)c2ccc(C)c(-c3nccs3)c2)cc1-c1nccs1. The van der Waals surface area contributed by atoms with Gasteiger partial charge in [0.25, 0.3) is 0 Å². The third-order valence-corrected chi connectivity index (χ3v) is 5.94. The number of carbonyl (C=O) groups excluding carboxylic acids is 1. The number of benzene rings is 2. The Labute approximate surface area is 160 Å². The predicted molar refractivity (Wildman–Crippen MR) is 108 cm³/mol. The second kappa shape index (κ2) is 6.94. The van der Waals surface area contributed by atoms with Crippen LogP contribution in [0.5, 0.6) is 0 Å². The maximum atomic E-state index is 13.1. The maximum Gasteiger partial charge on any atom is 0.193 e. The normalized spacial score (nSPS) is 10.8. The van der Waals surface area contributed by atoms with Crippen molar-refractivity contribution in [3.8, 4) is 21.1 Å². The summed E-state index contributed by atoms with van der Waals surface area (Å²) in [6, 6.07) is 11.6. The molecule has 0 bridgehead atoms. The van der Waals surface area contributed by atoms with E-state index < -0.39 is 0 Å². The number of carbonyl (C=O) groups is 1. The third kappa shape index (κ3) is 3.11. The average molecular weight is 377 g/mol. The lowest BCUT2D eigenvalue weighted by atomic mass is 9.96. The van der Waals surface area contributed by atoms with Crippen LogP contribution in [-0.4, -0.2) is 15.8 Å². The first-order valence-corrected chi connectivity index (χ1v) is 9.95. The number of rotatable bonds is 4. The molecule has 0 aliphatic carbocycles. The van der Waals surface area contributed by atoms with Crippen LogP contribution in [0.15, 0.2) is 59.6 Å². The molecule has 3 nitrogen and oxygen atoms in total. The van der Waals surface area contributed by atoms with Gasteiger partial charge in [-0.25, -0.2) is 9.97 Å². The van der Waals surface area contributed by atoms with Gasteiger partial charge >= 0.3 is 0 Å². The van der Waals surface area contributed by atoms with Crippen LogP contribution in [0.25, 0.3) is 21.1 Å². The summed E-state index contributed by atoms with van der Waals surface area (Å²) in [6.07, 6.45) is 3.57. The number of aromatic nitrogens is 2. The van der Waals surface area contributed by atoms with Crippen LogP contribution in [0.4, 0.5) is 0 Å². The molecule has 0 aliphatic heterocycles. The summed E-state index contributed by atoms with van der Waals surface area (Å²) >= 11 is 3.16. The van der Waals surface area contributed by atoms with Crippen LogP contribution < -0.4 is 0 Å². The molecule has 26 heavy (non-hydrogen) atoms. The first kappa shape index (κ1) is 16.8. The van der Waals surface area contributed by atoms with E-state index in [4.69, 9.17) is 0 Å². The largest absolute Gasteiger partial charge is 0.289 e. The second-order valence-electron chi connectivity index (χ2n) is 6.06. The lowest BCUT2D eigenvalue weighted by Crippen LogP contribution is -2.03. The van der Waals surface area contributed by atoms with Gasteiger partial charge in [-0.05, 0) is 37.1 Å². The van der Waals surface area contributed by atoms with Crippen molar-refractivity contribution in [1.29, 1.82) is 0 Å². The van der Waals surface area contributed by atoms with E-state index in [2.05, 4.69) is 9.97 Å². The van der Waals surface area contributed by atoms with Crippen LogP contribution in [0.2, 0.25) is 0 Å². The summed E-state index contributed by atoms with van der Waals surface area (Å²) in [5.41, 5.74) is 5.61. The summed E-state index contributed by atoms with van der Waals surface area (Å²) < 4.78 is 0. The zero-order valence-electron chi connectivity index (χ0n) is 14.4. The molecule has 0 atom stereocenters. The van der Waals surface area contributed by atoms with Crippen LogP contribution >= 0.6 is 22.7 Å². The van der Waals surface area contributed by atoms with Gasteiger partial charge in [0, 0.05) is 45.4 Å². The highest BCUT2D eigenvalue weighted by Gasteiger charge is 2.15. The van der Waals surface area contributed by atoms with Gasteiger partial charge in [0.15, 0.2) is 5.78 Å². The highest BCUT2D eigenvalue weighted by atomic mass is 32.1. The average Bonchev–Trinajstić information content (AvgIpc) is 3.36. The number of ketones is 1. The van der Waals surface area contributed by atoms with Gasteiger partial charge in [0.2, 0.25) is 0 Å². The first-order valence-electron chi connectivity index (χ1n) is 8.19. The van der Waals surface area contributed by atoms with E-state index in [1.54, 1.807) is 35.1 Å². The van der Waals surface area contributed by atoms with Crippen molar-refractivity contribution in [1.82, 2.24) is 9.97 Å². The Balaban J connectivity index is 1.75. The molecule has 0 radical (unpaired) electrons. The molecule has 128 valence electrons.